The van der Waals surface area contributed by atoms with E-state index in [0.717, 1.165) is 31.3 Å². The molecule has 0 spiro atoms. The van der Waals surface area contributed by atoms with Gasteiger partial charge in [0.1, 0.15) is 17.4 Å². The van der Waals surface area contributed by atoms with Crippen LogP contribution in [0.4, 0.5) is 28.4 Å². The van der Waals surface area contributed by atoms with Gasteiger partial charge in [-0.3, -0.25) is 14.9 Å². The second-order valence-corrected chi connectivity index (χ2v) is 7.43. The Hall–Kier alpha value is -3.32. The molecule has 0 aliphatic heterocycles. The van der Waals surface area contributed by atoms with E-state index in [1.165, 1.54) is 6.07 Å². The minimum absolute atomic E-state index is 0.0145. The van der Waals surface area contributed by atoms with Crippen LogP contribution in [0.25, 0.3) is 0 Å². The minimum atomic E-state index is -0.584. The monoisotopic (exact) mass is 486 g/mol. The second-order valence-electron chi connectivity index (χ2n) is 6.58. The predicted molar refractivity (Wildman–Crippen MR) is 123 cm³/mol. The number of rotatable bonds is 9. The van der Waals surface area contributed by atoms with Crippen molar-refractivity contribution in [1.82, 2.24) is 0 Å². The van der Waals surface area contributed by atoms with Crippen molar-refractivity contribution in [2.45, 2.75) is 33.6 Å². The van der Waals surface area contributed by atoms with Gasteiger partial charge in [0.2, 0.25) is 5.91 Å². The fourth-order valence-corrected chi connectivity index (χ4v) is 3.39. The Morgan fingerprint density at radius 3 is 2.58 bits per heavy atom. The summed E-state index contributed by atoms with van der Waals surface area (Å²) in [5.74, 6) is -0.165. The summed E-state index contributed by atoms with van der Waals surface area (Å²) in [6.45, 7) is 7.60. The summed E-state index contributed by atoms with van der Waals surface area (Å²) in [5.41, 5.74) is 1.82. The number of nitrogens with zero attached hydrogens (tertiary/aromatic N) is 5. The van der Waals surface area contributed by atoms with E-state index < -0.39 is 4.92 Å². The third kappa shape index (κ3) is 6.08. The number of nitro groups is 1. The van der Waals surface area contributed by atoms with Crippen LogP contribution in [-0.2, 0) is 4.79 Å². The summed E-state index contributed by atoms with van der Waals surface area (Å²) in [4.78, 5) is 24.7. The van der Waals surface area contributed by atoms with Gasteiger partial charge in [0.05, 0.1) is 20.6 Å². The first kappa shape index (κ1) is 24.0. The highest BCUT2D eigenvalue weighted by Crippen LogP contribution is 2.37. The molecule has 0 radical (unpaired) electrons. The smallest absolute Gasteiger partial charge is 0.272 e. The fraction of sp³-hybridized carbons (Fsp3) is 0.333. The van der Waals surface area contributed by atoms with E-state index >= 15 is 0 Å². The zero-order valence-electron chi connectivity index (χ0n) is 17.6. The molecule has 31 heavy (non-hydrogen) atoms. The number of anilines is 2. The summed E-state index contributed by atoms with van der Waals surface area (Å²) >= 11 is 3.22. The fourth-order valence-electron chi connectivity index (χ4n) is 2.87. The first-order valence-electron chi connectivity index (χ1n) is 9.83. The zero-order chi connectivity index (χ0) is 23.0. The highest BCUT2D eigenvalue weighted by atomic mass is 79.9. The highest BCUT2D eigenvalue weighted by molar-refractivity contribution is 9.10. The number of nitriles is 1. The summed E-state index contributed by atoms with van der Waals surface area (Å²) in [7, 11) is 0. The molecule has 162 valence electrons. The van der Waals surface area contributed by atoms with Crippen molar-refractivity contribution in [2.24, 2.45) is 10.2 Å². The molecule has 0 aromatic heterocycles. The lowest BCUT2D eigenvalue weighted by Gasteiger charge is -2.23. The molecule has 2 aromatic rings. The molecule has 0 aliphatic rings. The Morgan fingerprint density at radius 2 is 2.00 bits per heavy atom. The van der Waals surface area contributed by atoms with Crippen LogP contribution in [-0.4, -0.2) is 23.9 Å². The molecule has 0 atom stereocenters. The van der Waals surface area contributed by atoms with Gasteiger partial charge in [0.15, 0.2) is 0 Å². The third-order valence-electron chi connectivity index (χ3n) is 4.45. The quantitative estimate of drug-likeness (QED) is 0.255. The van der Waals surface area contributed by atoms with Crippen molar-refractivity contribution in [3.05, 3.63) is 50.5 Å². The Morgan fingerprint density at radius 1 is 1.26 bits per heavy atom. The van der Waals surface area contributed by atoms with Gasteiger partial charge in [0.25, 0.3) is 5.69 Å². The normalized spacial score (nSPS) is 10.7. The number of carbonyl (C=O) groups excluding carboxylic acids is 1. The van der Waals surface area contributed by atoms with E-state index in [1.807, 2.05) is 18.2 Å². The Bertz CT molecular complexity index is 1050. The highest BCUT2D eigenvalue weighted by Gasteiger charge is 2.16. The zero-order valence-corrected chi connectivity index (χ0v) is 19.1. The SMILES string of the molecule is CCCN(CC)c1ccc(N=Nc2c(Br)cc([N+](=O)[O-])cc2C#N)c(NC(=O)CC)c1. The third-order valence-corrected chi connectivity index (χ3v) is 5.06. The molecule has 0 saturated heterocycles. The molecule has 1 N–H and O–H groups in total. The van der Waals surface area contributed by atoms with Gasteiger partial charge in [-0.25, -0.2) is 0 Å². The van der Waals surface area contributed by atoms with Crippen molar-refractivity contribution in [2.75, 3.05) is 23.3 Å². The van der Waals surface area contributed by atoms with Crippen LogP contribution in [0.1, 0.15) is 39.2 Å². The molecule has 10 heteroatoms. The molecule has 2 aromatic carbocycles. The van der Waals surface area contributed by atoms with Gasteiger partial charge in [-0.15, -0.1) is 10.2 Å². The number of azo groups is 1. The molecular formula is C21H23BrN6O3. The van der Waals surface area contributed by atoms with Crippen LogP contribution in [0.2, 0.25) is 0 Å². The van der Waals surface area contributed by atoms with Crippen molar-refractivity contribution in [3.63, 3.8) is 0 Å². The van der Waals surface area contributed by atoms with Gasteiger partial charge < -0.3 is 10.2 Å². The molecule has 0 saturated carbocycles. The summed E-state index contributed by atoms with van der Waals surface area (Å²) in [6, 6.07) is 9.80. The molecule has 0 heterocycles. The van der Waals surface area contributed by atoms with Gasteiger partial charge in [-0.05, 0) is 47.5 Å². The van der Waals surface area contributed by atoms with E-state index in [-0.39, 0.29) is 27.3 Å². The number of non-ortho nitro benzene ring substituents is 1. The average molecular weight is 487 g/mol. The lowest BCUT2D eigenvalue weighted by Crippen LogP contribution is -2.23. The number of carbonyl (C=O) groups is 1. The molecule has 9 nitrogen and oxygen atoms in total. The second kappa shape index (κ2) is 11.2. The Balaban J connectivity index is 2.50. The number of benzene rings is 2. The molecule has 0 fully saturated rings. The topological polar surface area (TPSA) is 124 Å². The molecule has 0 aliphatic carbocycles. The Kier molecular flexibility index (Phi) is 8.63. The molecule has 1 amide bonds. The van der Waals surface area contributed by atoms with E-state index in [1.54, 1.807) is 13.0 Å². The standard InChI is InChI=1S/C21H23BrN6O3/c1-4-9-27(6-3)15-7-8-18(19(12-15)24-20(29)5-2)25-26-21-14(13-23)10-16(28(30)31)11-17(21)22/h7-8,10-12H,4-6,9H2,1-3H3,(H,24,29). The Labute approximate surface area is 189 Å². The predicted octanol–water partition coefficient (Wildman–Crippen LogP) is 6.23. The number of hydrogen-bond acceptors (Lipinski definition) is 7. The number of hydrogen-bond donors (Lipinski definition) is 1. The van der Waals surface area contributed by atoms with E-state index in [2.05, 4.69) is 50.2 Å². The average Bonchev–Trinajstić information content (AvgIpc) is 2.76. The van der Waals surface area contributed by atoms with Gasteiger partial charge in [-0.2, -0.15) is 5.26 Å². The number of amides is 1. The van der Waals surface area contributed by atoms with Crippen molar-refractivity contribution < 1.29 is 9.72 Å². The van der Waals surface area contributed by atoms with Crippen LogP contribution in [0.15, 0.2) is 45.0 Å². The van der Waals surface area contributed by atoms with Gasteiger partial charge >= 0.3 is 0 Å². The lowest BCUT2D eigenvalue weighted by atomic mass is 10.2. The minimum Gasteiger partial charge on any atom is -0.372 e. The van der Waals surface area contributed by atoms with Crippen LogP contribution in [0.3, 0.4) is 0 Å². The molecule has 2 rings (SSSR count). The van der Waals surface area contributed by atoms with Crippen molar-refractivity contribution in [1.29, 1.82) is 5.26 Å². The largest absolute Gasteiger partial charge is 0.372 e. The molecule has 0 bridgehead atoms. The maximum Gasteiger partial charge on any atom is 0.272 e. The molecule has 0 unspecified atom stereocenters. The maximum absolute atomic E-state index is 12.0. The van der Waals surface area contributed by atoms with Crippen LogP contribution in [0, 0.1) is 21.4 Å². The van der Waals surface area contributed by atoms with Crippen LogP contribution < -0.4 is 10.2 Å². The molecular weight excluding hydrogens is 464 g/mol. The van der Waals surface area contributed by atoms with E-state index in [9.17, 15) is 20.2 Å². The maximum atomic E-state index is 12.0. The lowest BCUT2D eigenvalue weighted by molar-refractivity contribution is -0.384. The van der Waals surface area contributed by atoms with Crippen LogP contribution in [0.5, 0.6) is 0 Å². The first-order chi connectivity index (χ1) is 14.8. The van der Waals surface area contributed by atoms with E-state index in [4.69, 9.17) is 0 Å². The van der Waals surface area contributed by atoms with Crippen LogP contribution >= 0.6 is 15.9 Å². The van der Waals surface area contributed by atoms with Crippen molar-refractivity contribution >= 4 is 50.3 Å². The summed E-state index contributed by atoms with van der Waals surface area (Å²) in [6.07, 6.45) is 1.29. The number of halogens is 1. The first-order valence-corrected chi connectivity index (χ1v) is 10.6. The van der Waals surface area contributed by atoms with E-state index in [0.29, 0.717) is 17.8 Å². The van der Waals surface area contributed by atoms with Gasteiger partial charge in [-0.1, -0.05) is 13.8 Å². The van der Waals surface area contributed by atoms with Crippen molar-refractivity contribution in [3.8, 4) is 6.07 Å². The summed E-state index contributed by atoms with van der Waals surface area (Å²) < 4.78 is 0.276. The summed E-state index contributed by atoms with van der Waals surface area (Å²) in [5, 5.41) is 31.6. The number of nitro benzene ring substituents is 1. The number of nitrogens with one attached hydrogen (secondary N) is 1. The van der Waals surface area contributed by atoms with Gasteiger partial charge in [0, 0.05) is 37.3 Å².